The molecule has 1 aliphatic heterocycles. The number of carbonyl (C=O) groups is 1. The number of benzene rings is 1. The van der Waals surface area contributed by atoms with E-state index in [9.17, 15) is 9.18 Å². The summed E-state index contributed by atoms with van der Waals surface area (Å²) >= 11 is 0. The number of nitrogens with one attached hydrogen (secondary N) is 1. The molecule has 122 valence electrons. The fourth-order valence-electron chi connectivity index (χ4n) is 2.85. The molecule has 1 aliphatic rings. The second kappa shape index (κ2) is 7.70. The van der Waals surface area contributed by atoms with E-state index in [1.807, 2.05) is 26.0 Å². The van der Waals surface area contributed by atoms with Crippen molar-refractivity contribution in [3.63, 3.8) is 0 Å². The van der Waals surface area contributed by atoms with E-state index in [1.165, 1.54) is 12.1 Å². The van der Waals surface area contributed by atoms with Gasteiger partial charge in [0.25, 0.3) is 0 Å². The van der Waals surface area contributed by atoms with Crippen LogP contribution in [0.15, 0.2) is 24.3 Å². The van der Waals surface area contributed by atoms with Crippen LogP contribution in [0.3, 0.4) is 0 Å². The van der Waals surface area contributed by atoms with Gasteiger partial charge in [-0.05, 0) is 38.5 Å². The maximum Gasteiger partial charge on any atom is 0.234 e. The summed E-state index contributed by atoms with van der Waals surface area (Å²) in [5.41, 5.74) is 1.12. The van der Waals surface area contributed by atoms with Gasteiger partial charge in [-0.3, -0.25) is 14.6 Å². The third kappa shape index (κ3) is 5.07. The van der Waals surface area contributed by atoms with E-state index in [0.29, 0.717) is 12.6 Å². The number of piperazine rings is 1. The van der Waals surface area contributed by atoms with E-state index in [4.69, 9.17) is 0 Å². The van der Waals surface area contributed by atoms with E-state index in [0.717, 1.165) is 31.7 Å². The smallest absolute Gasteiger partial charge is 0.234 e. The number of amides is 1. The summed E-state index contributed by atoms with van der Waals surface area (Å²) in [7, 11) is 0. The van der Waals surface area contributed by atoms with Gasteiger partial charge in [0.2, 0.25) is 5.91 Å². The number of rotatable bonds is 5. The maximum absolute atomic E-state index is 12.9. The van der Waals surface area contributed by atoms with E-state index >= 15 is 0 Å². The molecule has 0 aliphatic carbocycles. The lowest BCUT2D eigenvalue weighted by molar-refractivity contribution is -0.123. The molecular weight excluding hydrogens is 281 g/mol. The predicted octanol–water partition coefficient (Wildman–Crippen LogP) is 1.86. The van der Waals surface area contributed by atoms with Crippen molar-refractivity contribution >= 4 is 5.91 Å². The van der Waals surface area contributed by atoms with Crippen LogP contribution in [0.2, 0.25) is 0 Å². The summed E-state index contributed by atoms with van der Waals surface area (Å²) in [5.74, 6) is -0.105. The first-order valence-electron chi connectivity index (χ1n) is 7.94. The highest BCUT2D eigenvalue weighted by Crippen LogP contribution is 2.13. The zero-order valence-corrected chi connectivity index (χ0v) is 13.7. The molecule has 2 rings (SSSR count). The number of hydrogen-bond donors (Lipinski definition) is 1. The molecule has 1 fully saturated rings. The van der Waals surface area contributed by atoms with Crippen molar-refractivity contribution in [1.82, 2.24) is 15.1 Å². The predicted molar refractivity (Wildman–Crippen MR) is 86.0 cm³/mol. The van der Waals surface area contributed by atoms with Gasteiger partial charge >= 0.3 is 0 Å². The Morgan fingerprint density at radius 1 is 1.32 bits per heavy atom. The van der Waals surface area contributed by atoms with Crippen molar-refractivity contribution < 1.29 is 9.18 Å². The van der Waals surface area contributed by atoms with Gasteiger partial charge in [-0.15, -0.1) is 0 Å². The van der Waals surface area contributed by atoms with Gasteiger partial charge < -0.3 is 5.32 Å². The lowest BCUT2D eigenvalue weighted by Crippen LogP contribution is -2.54. The van der Waals surface area contributed by atoms with Crippen LogP contribution in [-0.4, -0.2) is 54.0 Å². The Hall–Kier alpha value is -1.46. The van der Waals surface area contributed by atoms with Gasteiger partial charge in [0.05, 0.1) is 6.54 Å². The summed E-state index contributed by atoms with van der Waals surface area (Å²) in [6.45, 7) is 10.1. The molecule has 1 saturated heterocycles. The molecule has 1 aromatic rings. The summed E-state index contributed by atoms with van der Waals surface area (Å²) in [6.07, 6.45) is 0. The summed E-state index contributed by atoms with van der Waals surface area (Å²) in [5, 5.41) is 2.94. The van der Waals surface area contributed by atoms with Gasteiger partial charge in [-0.1, -0.05) is 12.1 Å². The molecule has 1 N–H and O–H groups in total. The Bertz CT molecular complexity index is 489. The van der Waals surface area contributed by atoms with Crippen molar-refractivity contribution in [3.05, 3.63) is 35.6 Å². The lowest BCUT2D eigenvalue weighted by atomic mass is 10.1. The number of halogens is 1. The van der Waals surface area contributed by atoms with Crippen LogP contribution < -0.4 is 5.32 Å². The summed E-state index contributed by atoms with van der Waals surface area (Å²) in [6, 6.07) is 7.20. The Balaban J connectivity index is 1.82. The molecule has 0 aromatic heterocycles. The minimum Gasteiger partial charge on any atom is -0.353 e. The lowest BCUT2D eigenvalue weighted by Gasteiger charge is -2.39. The fraction of sp³-hybridized carbons (Fsp3) is 0.588. The fourth-order valence-corrected chi connectivity index (χ4v) is 2.85. The van der Waals surface area contributed by atoms with Gasteiger partial charge in [0.1, 0.15) is 5.82 Å². The van der Waals surface area contributed by atoms with Gasteiger partial charge in [0, 0.05) is 38.3 Å². The molecule has 4 nitrogen and oxygen atoms in total. The summed E-state index contributed by atoms with van der Waals surface area (Å²) in [4.78, 5) is 16.4. The van der Waals surface area contributed by atoms with Crippen molar-refractivity contribution in [2.45, 2.75) is 39.4 Å². The average molecular weight is 307 g/mol. The minimum atomic E-state index is -0.196. The molecule has 0 spiro atoms. The van der Waals surface area contributed by atoms with E-state index in [2.05, 4.69) is 22.0 Å². The van der Waals surface area contributed by atoms with Crippen molar-refractivity contribution in [2.75, 3.05) is 26.2 Å². The molecule has 5 heteroatoms. The second-order valence-electron chi connectivity index (χ2n) is 6.40. The van der Waals surface area contributed by atoms with Crippen LogP contribution in [0.25, 0.3) is 0 Å². The van der Waals surface area contributed by atoms with E-state index < -0.39 is 0 Å². The number of carbonyl (C=O) groups excluding carboxylic acids is 1. The normalized spacial score (nSPS) is 20.3. The molecule has 1 heterocycles. The molecule has 22 heavy (non-hydrogen) atoms. The maximum atomic E-state index is 12.9. The van der Waals surface area contributed by atoms with Gasteiger partial charge in [-0.25, -0.2) is 4.39 Å². The molecule has 1 amide bonds. The highest BCUT2D eigenvalue weighted by molar-refractivity contribution is 5.78. The summed E-state index contributed by atoms with van der Waals surface area (Å²) < 4.78 is 12.9. The van der Waals surface area contributed by atoms with Crippen LogP contribution in [0, 0.1) is 5.82 Å². The molecule has 1 atom stereocenters. The van der Waals surface area contributed by atoms with Crippen LogP contribution in [0.5, 0.6) is 0 Å². The quantitative estimate of drug-likeness (QED) is 0.902. The molecule has 1 unspecified atom stereocenters. The van der Waals surface area contributed by atoms with Crippen molar-refractivity contribution in [3.8, 4) is 0 Å². The zero-order valence-electron chi connectivity index (χ0n) is 13.7. The van der Waals surface area contributed by atoms with Crippen molar-refractivity contribution in [1.29, 1.82) is 0 Å². The third-order valence-corrected chi connectivity index (χ3v) is 3.97. The van der Waals surface area contributed by atoms with E-state index in [-0.39, 0.29) is 17.8 Å². The highest BCUT2D eigenvalue weighted by Gasteiger charge is 2.25. The first-order valence-corrected chi connectivity index (χ1v) is 7.94. The Kier molecular flexibility index (Phi) is 5.91. The minimum absolute atomic E-state index is 0.0915. The third-order valence-electron chi connectivity index (χ3n) is 3.97. The largest absolute Gasteiger partial charge is 0.353 e. The van der Waals surface area contributed by atoms with Crippen molar-refractivity contribution in [2.24, 2.45) is 0 Å². The second-order valence-corrected chi connectivity index (χ2v) is 6.40. The monoisotopic (exact) mass is 307 g/mol. The van der Waals surface area contributed by atoms with Crippen LogP contribution in [-0.2, 0) is 11.3 Å². The SMILES string of the molecule is CC(C)NC(=O)CN1CCN(Cc2ccc(F)cc2)CC1C. The Labute approximate surface area is 132 Å². The van der Waals surface area contributed by atoms with Crippen LogP contribution >= 0.6 is 0 Å². The van der Waals surface area contributed by atoms with Gasteiger partial charge in [-0.2, -0.15) is 0 Å². The molecular formula is C17H26FN3O. The first kappa shape index (κ1) is 16.9. The zero-order chi connectivity index (χ0) is 16.1. The molecule has 0 saturated carbocycles. The van der Waals surface area contributed by atoms with Crippen LogP contribution in [0.4, 0.5) is 4.39 Å². The Morgan fingerprint density at radius 2 is 2.00 bits per heavy atom. The number of hydrogen-bond acceptors (Lipinski definition) is 3. The standard InChI is InChI=1S/C17H26FN3O/c1-13(2)19-17(22)12-21-9-8-20(10-14(21)3)11-15-4-6-16(18)7-5-15/h4-7,13-14H,8-12H2,1-3H3,(H,19,22). The van der Waals surface area contributed by atoms with Gasteiger partial charge in [0.15, 0.2) is 0 Å². The van der Waals surface area contributed by atoms with Crippen LogP contribution in [0.1, 0.15) is 26.3 Å². The average Bonchev–Trinajstić information content (AvgIpc) is 2.43. The first-order chi connectivity index (χ1) is 10.4. The number of nitrogens with zero attached hydrogens (tertiary/aromatic N) is 2. The van der Waals surface area contributed by atoms with E-state index in [1.54, 1.807) is 0 Å². The molecule has 1 aromatic carbocycles. The highest BCUT2D eigenvalue weighted by atomic mass is 19.1. The Morgan fingerprint density at radius 3 is 2.59 bits per heavy atom. The topological polar surface area (TPSA) is 35.6 Å². The molecule has 0 bridgehead atoms. The molecule has 0 radical (unpaired) electrons.